The van der Waals surface area contributed by atoms with Crippen molar-refractivity contribution in [3.05, 3.63) is 24.0 Å². The smallest absolute Gasteiger partial charge is 0.148 e. The van der Waals surface area contributed by atoms with Gasteiger partial charge in [-0.3, -0.25) is 0 Å². The zero-order valence-electron chi connectivity index (χ0n) is 10.7. The molecule has 4 heteroatoms. The van der Waals surface area contributed by atoms with Crippen LogP contribution in [0, 0.1) is 5.82 Å². The van der Waals surface area contributed by atoms with Gasteiger partial charge in [0.2, 0.25) is 0 Å². The van der Waals surface area contributed by atoms with E-state index >= 15 is 0 Å². The third-order valence-corrected chi connectivity index (χ3v) is 3.47. The van der Waals surface area contributed by atoms with Crippen molar-refractivity contribution in [2.75, 3.05) is 44.4 Å². The lowest BCUT2D eigenvalue weighted by atomic mass is 10.2. The van der Waals surface area contributed by atoms with Gasteiger partial charge >= 0.3 is 0 Å². The largest absolute Gasteiger partial charge is 0.388 e. The molecule has 1 saturated heterocycles. The second kappa shape index (κ2) is 4.92. The lowest BCUT2D eigenvalue weighted by Gasteiger charge is -2.22. The first-order valence-electron chi connectivity index (χ1n) is 6.00. The summed E-state index contributed by atoms with van der Waals surface area (Å²) in [5.74, 6) is -0.142. The molecule has 3 nitrogen and oxygen atoms in total. The Kier molecular flexibility index (Phi) is 3.52. The van der Waals surface area contributed by atoms with Crippen molar-refractivity contribution in [1.82, 2.24) is 4.90 Å². The summed E-state index contributed by atoms with van der Waals surface area (Å²) in [6.45, 7) is 1.83. The minimum absolute atomic E-state index is 0.142. The van der Waals surface area contributed by atoms with E-state index in [0.29, 0.717) is 11.7 Å². The molecule has 94 valence electrons. The number of hydrogen-bond donors (Lipinski definition) is 1. The van der Waals surface area contributed by atoms with Gasteiger partial charge in [-0.1, -0.05) is 0 Å². The fraction of sp³-hybridized carbons (Fsp3) is 0.538. The Bertz CT molecular complexity index is 392. The van der Waals surface area contributed by atoms with E-state index in [0.717, 1.165) is 25.2 Å². The van der Waals surface area contributed by atoms with Crippen LogP contribution in [0.25, 0.3) is 0 Å². The van der Waals surface area contributed by atoms with Crippen molar-refractivity contribution in [1.29, 1.82) is 0 Å². The average molecular weight is 237 g/mol. The van der Waals surface area contributed by atoms with Gasteiger partial charge in [-0.2, -0.15) is 0 Å². The van der Waals surface area contributed by atoms with Gasteiger partial charge in [-0.05, 0) is 38.7 Å². The van der Waals surface area contributed by atoms with Crippen LogP contribution in [0.4, 0.5) is 15.8 Å². The molecule has 1 aromatic rings. The molecular formula is C13H20FN3. The van der Waals surface area contributed by atoms with Gasteiger partial charge in [0.15, 0.2) is 0 Å². The van der Waals surface area contributed by atoms with Gasteiger partial charge in [-0.15, -0.1) is 0 Å². The number of anilines is 2. The summed E-state index contributed by atoms with van der Waals surface area (Å²) in [6, 6.07) is 5.86. The van der Waals surface area contributed by atoms with Gasteiger partial charge in [0.05, 0.1) is 5.69 Å². The van der Waals surface area contributed by atoms with Gasteiger partial charge < -0.3 is 15.1 Å². The first kappa shape index (κ1) is 12.2. The summed E-state index contributed by atoms with van der Waals surface area (Å²) >= 11 is 0. The van der Waals surface area contributed by atoms with Crippen molar-refractivity contribution in [2.24, 2.45) is 0 Å². The Morgan fingerprint density at radius 2 is 2.18 bits per heavy atom. The highest BCUT2D eigenvalue weighted by atomic mass is 19.1. The van der Waals surface area contributed by atoms with Gasteiger partial charge in [0.25, 0.3) is 0 Å². The minimum Gasteiger partial charge on any atom is -0.388 e. The maximum atomic E-state index is 13.9. The summed E-state index contributed by atoms with van der Waals surface area (Å²) in [5.41, 5.74) is 1.53. The molecule has 1 atom stereocenters. The van der Waals surface area contributed by atoms with E-state index in [1.807, 2.05) is 12.1 Å². The van der Waals surface area contributed by atoms with Gasteiger partial charge in [-0.25, -0.2) is 4.39 Å². The number of likely N-dealkylation sites (N-methyl/N-ethyl adjacent to an activating group) is 1. The summed E-state index contributed by atoms with van der Waals surface area (Å²) in [5, 5.41) is 2.95. The molecule has 0 spiro atoms. The standard InChI is InChI=1S/C13H20FN3/c1-15-10-4-5-13(12(14)8-10)17-7-6-11(9-17)16(2)3/h4-5,8,11,15H,6-7,9H2,1-3H3. The molecule has 1 heterocycles. The van der Waals surface area contributed by atoms with Crippen molar-refractivity contribution < 1.29 is 4.39 Å². The summed E-state index contributed by atoms with van der Waals surface area (Å²) in [6.07, 6.45) is 1.10. The van der Waals surface area contributed by atoms with Crippen LogP contribution in [-0.4, -0.2) is 45.2 Å². The molecule has 2 rings (SSSR count). The Balaban J connectivity index is 2.13. The Morgan fingerprint density at radius 3 is 2.71 bits per heavy atom. The van der Waals surface area contributed by atoms with Crippen LogP contribution in [0.15, 0.2) is 18.2 Å². The molecule has 0 amide bonds. The molecule has 1 unspecified atom stereocenters. The fourth-order valence-corrected chi connectivity index (χ4v) is 2.30. The molecule has 1 aliphatic rings. The molecular weight excluding hydrogens is 217 g/mol. The highest BCUT2D eigenvalue weighted by Gasteiger charge is 2.25. The van der Waals surface area contributed by atoms with Crippen molar-refractivity contribution in [3.63, 3.8) is 0 Å². The van der Waals surface area contributed by atoms with Crippen LogP contribution in [0.5, 0.6) is 0 Å². The maximum absolute atomic E-state index is 13.9. The molecule has 1 aliphatic heterocycles. The highest BCUT2D eigenvalue weighted by molar-refractivity contribution is 5.56. The monoisotopic (exact) mass is 237 g/mol. The average Bonchev–Trinajstić information content (AvgIpc) is 2.78. The summed E-state index contributed by atoms with van der Waals surface area (Å²) in [4.78, 5) is 4.33. The van der Waals surface area contributed by atoms with E-state index in [-0.39, 0.29) is 5.82 Å². The van der Waals surface area contributed by atoms with Crippen LogP contribution in [0.1, 0.15) is 6.42 Å². The molecule has 0 aromatic heterocycles. The molecule has 17 heavy (non-hydrogen) atoms. The van der Waals surface area contributed by atoms with Crippen LogP contribution >= 0.6 is 0 Å². The van der Waals surface area contributed by atoms with E-state index in [4.69, 9.17) is 0 Å². The highest BCUT2D eigenvalue weighted by Crippen LogP contribution is 2.26. The minimum atomic E-state index is -0.142. The second-order valence-electron chi connectivity index (χ2n) is 4.77. The SMILES string of the molecule is CNc1ccc(N2CCC(N(C)C)C2)c(F)c1. The van der Waals surface area contributed by atoms with Crippen LogP contribution in [0.3, 0.4) is 0 Å². The second-order valence-corrected chi connectivity index (χ2v) is 4.77. The molecule has 0 bridgehead atoms. The van der Waals surface area contributed by atoms with Gasteiger partial charge in [0, 0.05) is 31.9 Å². The lowest BCUT2D eigenvalue weighted by Crippen LogP contribution is -2.31. The molecule has 1 N–H and O–H groups in total. The first-order chi connectivity index (χ1) is 8.11. The quantitative estimate of drug-likeness (QED) is 0.867. The van der Waals surface area contributed by atoms with Crippen LogP contribution in [0.2, 0.25) is 0 Å². The number of halogens is 1. The van der Waals surface area contributed by atoms with Crippen molar-refractivity contribution in [2.45, 2.75) is 12.5 Å². The number of benzene rings is 1. The van der Waals surface area contributed by atoms with Gasteiger partial charge in [0.1, 0.15) is 5.82 Å². The summed E-state index contributed by atoms with van der Waals surface area (Å²) in [7, 11) is 5.95. The molecule has 1 aromatic carbocycles. The molecule has 0 radical (unpaired) electrons. The zero-order chi connectivity index (χ0) is 12.4. The lowest BCUT2D eigenvalue weighted by molar-refractivity contribution is 0.315. The molecule has 0 aliphatic carbocycles. The Morgan fingerprint density at radius 1 is 1.41 bits per heavy atom. The Labute approximate surface area is 102 Å². The molecule has 1 fully saturated rings. The first-order valence-corrected chi connectivity index (χ1v) is 6.00. The fourth-order valence-electron chi connectivity index (χ4n) is 2.30. The zero-order valence-corrected chi connectivity index (χ0v) is 10.7. The number of rotatable bonds is 3. The summed E-state index contributed by atoms with van der Waals surface area (Å²) < 4.78 is 13.9. The van der Waals surface area contributed by atoms with Crippen LogP contribution < -0.4 is 10.2 Å². The third-order valence-electron chi connectivity index (χ3n) is 3.47. The van der Waals surface area contributed by atoms with Crippen LogP contribution in [-0.2, 0) is 0 Å². The third kappa shape index (κ3) is 2.52. The number of nitrogens with zero attached hydrogens (tertiary/aromatic N) is 2. The predicted octanol–water partition coefficient (Wildman–Crippen LogP) is 2.01. The normalized spacial score (nSPS) is 20.1. The topological polar surface area (TPSA) is 18.5 Å². The molecule has 0 saturated carbocycles. The number of hydrogen-bond acceptors (Lipinski definition) is 3. The van der Waals surface area contributed by atoms with E-state index in [1.165, 1.54) is 0 Å². The van der Waals surface area contributed by atoms with E-state index in [2.05, 4.69) is 29.2 Å². The van der Waals surface area contributed by atoms with Crippen molar-refractivity contribution in [3.8, 4) is 0 Å². The Hall–Kier alpha value is -1.29. The van der Waals surface area contributed by atoms with E-state index < -0.39 is 0 Å². The van der Waals surface area contributed by atoms with Crippen molar-refractivity contribution >= 4 is 11.4 Å². The maximum Gasteiger partial charge on any atom is 0.148 e. The van der Waals surface area contributed by atoms with E-state index in [9.17, 15) is 4.39 Å². The predicted molar refractivity (Wildman–Crippen MR) is 70.3 cm³/mol. The van der Waals surface area contributed by atoms with E-state index in [1.54, 1.807) is 13.1 Å². The number of nitrogens with one attached hydrogen (secondary N) is 1.